The van der Waals surface area contributed by atoms with Gasteiger partial charge in [-0.15, -0.1) is 23.1 Å². The van der Waals surface area contributed by atoms with Crippen molar-refractivity contribution in [3.8, 4) is 0 Å². The van der Waals surface area contributed by atoms with E-state index in [2.05, 4.69) is 15.5 Å². The molecule has 3 heterocycles. The van der Waals surface area contributed by atoms with Crippen molar-refractivity contribution in [3.63, 3.8) is 0 Å². The fourth-order valence-corrected chi connectivity index (χ4v) is 4.97. The van der Waals surface area contributed by atoms with E-state index in [0.717, 1.165) is 11.3 Å². The number of carbonyl (C=O) groups excluding carboxylic acids is 4. The summed E-state index contributed by atoms with van der Waals surface area (Å²) >= 11 is 2.37. The van der Waals surface area contributed by atoms with Crippen LogP contribution >= 0.6 is 23.1 Å². The minimum atomic E-state index is -0.986. The van der Waals surface area contributed by atoms with Crippen LogP contribution in [0.4, 0.5) is 5.13 Å². The molecule has 0 aliphatic carbocycles. The number of nitrogens with one attached hydrogen (secondary N) is 1. The average molecular weight is 500 g/mol. The Kier molecular flexibility index (Phi) is 7.88. The number of hydrogen-bond donors (Lipinski definition) is 3. The minimum Gasteiger partial charge on any atom is -0.428 e. The smallest absolute Gasteiger partial charge is 0.358 e. The Hall–Kier alpha value is -3.17. The second-order valence-corrected chi connectivity index (χ2v) is 8.68. The summed E-state index contributed by atoms with van der Waals surface area (Å²) in [5.41, 5.74) is 5.70. The second kappa shape index (κ2) is 10.6. The maximum Gasteiger partial charge on any atom is 0.358 e. The topological polar surface area (TPSA) is 183 Å². The molecule has 2 amide bonds. The number of thiazole rings is 1. The molecular formula is C18H21N5O8S2. The molecule has 3 rings (SSSR count). The molecule has 15 heteroatoms. The quantitative estimate of drug-likeness (QED) is 0.101. The van der Waals surface area contributed by atoms with Crippen molar-refractivity contribution >= 4 is 57.7 Å². The van der Waals surface area contributed by atoms with Crippen molar-refractivity contribution in [1.82, 2.24) is 15.2 Å². The molecule has 0 aromatic carbocycles. The lowest BCUT2D eigenvalue weighted by molar-refractivity contribution is -0.167. The highest BCUT2D eigenvalue weighted by molar-refractivity contribution is 8.00. The predicted octanol–water partition coefficient (Wildman–Crippen LogP) is -0.342. The van der Waals surface area contributed by atoms with Gasteiger partial charge in [-0.05, 0) is 5.57 Å². The molecule has 0 radical (unpaired) electrons. The van der Waals surface area contributed by atoms with Crippen LogP contribution in [0.2, 0.25) is 0 Å². The number of fused-ring (bicyclic) bond motifs is 1. The molecule has 1 aromatic heterocycles. The Balaban J connectivity index is 1.72. The lowest BCUT2D eigenvalue weighted by Gasteiger charge is -2.49. The first kappa shape index (κ1) is 24.5. The molecular weight excluding hydrogens is 478 g/mol. The van der Waals surface area contributed by atoms with Crippen molar-refractivity contribution in [1.29, 1.82) is 0 Å². The number of nitrogens with two attached hydrogens (primary N) is 1. The summed E-state index contributed by atoms with van der Waals surface area (Å²) in [6.45, 7) is 1.07. The molecule has 1 saturated heterocycles. The largest absolute Gasteiger partial charge is 0.428 e. The first-order valence-corrected chi connectivity index (χ1v) is 11.5. The van der Waals surface area contributed by atoms with Gasteiger partial charge < -0.3 is 30.5 Å². The molecule has 13 nitrogen and oxygen atoms in total. The van der Waals surface area contributed by atoms with E-state index in [0.29, 0.717) is 11.3 Å². The monoisotopic (exact) mass is 499 g/mol. The van der Waals surface area contributed by atoms with Gasteiger partial charge in [0, 0.05) is 24.7 Å². The number of ether oxygens (including phenoxy) is 3. The van der Waals surface area contributed by atoms with Crippen LogP contribution in [-0.4, -0.2) is 82.2 Å². The number of esters is 2. The zero-order valence-corrected chi connectivity index (χ0v) is 19.2. The zero-order valence-electron chi connectivity index (χ0n) is 17.6. The van der Waals surface area contributed by atoms with Crippen LogP contribution in [0.3, 0.4) is 0 Å². The molecule has 2 aliphatic rings. The third kappa shape index (κ3) is 5.09. The number of amides is 2. The van der Waals surface area contributed by atoms with E-state index in [1.165, 1.54) is 29.2 Å². The van der Waals surface area contributed by atoms with Crippen LogP contribution < -0.4 is 11.1 Å². The van der Waals surface area contributed by atoms with Gasteiger partial charge in [-0.25, -0.2) is 9.78 Å². The van der Waals surface area contributed by atoms with Crippen LogP contribution in [0.5, 0.6) is 0 Å². The molecule has 1 fully saturated rings. The Morgan fingerprint density at radius 2 is 2.15 bits per heavy atom. The highest BCUT2D eigenvalue weighted by atomic mass is 32.2. The Morgan fingerprint density at radius 1 is 1.39 bits per heavy atom. The summed E-state index contributed by atoms with van der Waals surface area (Å²) in [5, 5.41) is 15.7. The van der Waals surface area contributed by atoms with Gasteiger partial charge >= 0.3 is 11.9 Å². The number of methoxy groups -OCH3 is 1. The van der Waals surface area contributed by atoms with E-state index in [-0.39, 0.29) is 29.6 Å². The molecule has 0 bridgehead atoms. The summed E-state index contributed by atoms with van der Waals surface area (Å²) in [7, 11) is 1.44. The molecule has 2 atom stereocenters. The van der Waals surface area contributed by atoms with E-state index in [9.17, 15) is 24.4 Å². The van der Waals surface area contributed by atoms with Gasteiger partial charge in [0.25, 0.3) is 11.8 Å². The van der Waals surface area contributed by atoms with E-state index in [1.54, 1.807) is 6.92 Å². The maximum atomic E-state index is 12.9. The van der Waals surface area contributed by atoms with E-state index >= 15 is 0 Å². The summed E-state index contributed by atoms with van der Waals surface area (Å²) in [6.07, 6.45) is 0.118. The standard InChI is InChI=1S/C18H21N5O8S2/c1-3-10(24)30-7-31-17(27)13-8(4-29-2)5-32-16-12(15(26)23(13)16)21-14(25)11(22-28)9-6-33-18(19)20-9/h6,12,16,28H,3-5,7H2,1-2H3,(H2,19,20)(H,21,25)/t12?,16-/m1/s1. The molecule has 33 heavy (non-hydrogen) atoms. The van der Waals surface area contributed by atoms with Crippen LogP contribution in [0.15, 0.2) is 21.8 Å². The first-order valence-electron chi connectivity index (χ1n) is 9.55. The van der Waals surface area contributed by atoms with Gasteiger partial charge in [-0.1, -0.05) is 12.1 Å². The minimum absolute atomic E-state index is 0.0213. The van der Waals surface area contributed by atoms with Crippen LogP contribution in [-0.2, 0) is 33.4 Å². The van der Waals surface area contributed by atoms with Crippen molar-refractivity contribution < 1.29 is 38.6 Å². The maximum absolute atomic E-state index is 12.9. The number of oxime groups is 1. The average Bonchev–Trinajstić information content (AvgIpc) is 3.23. The van der Waals surface area contributed by atoms with Crippen molar-refractivity contribution in [2.75, 3.05) is 32.0 Å². The molecule has 1 aromatic rings. The van der Waals surface area contributed by atoms with E-state index < -0.39 is 47.7 Å². The van der Waals surface area contributed by atoms with Crippen LogP contribution in [0.25, 0.3) is 0 Å². The summed E-state index contributed by atoms with van der Waals surface area (Å²) in [5.74, 6) is -2.47. The SMILES string of the molecule is CCC(=O)OCOC(=O)C1=C(COC)CS[C@@H]2C(NC(=O)C(=NO)c3csc(N)n3)C(=O)N12. The molecule has 2 aliphatic heterocycles. The lowest BCUT2D eigenvalue weighted by atomic mass is 10.0. The second-order valence-electron chi connectivity index (χ2n) is 6.69. The predicted molar refractivity (Wildman–Crippen MR) is 116 cm³/mol. The van der Waals surface area contributed by atoms with Crippen LogP contribution in [0.1, 0.15) is 19.0 Å². The third-order valence-electron chi connectivity index (χ3n) is 4.62. The molecule has 0 saturated carbocycles. The van der Waals surface area contributed by atoms with Gasteiger partial charge in [0.2, 0.25) is 6.79 Å². The first-order chi connectivity index (χ1) is 15.8. The number of thioether (sulfide) groups is 1. The van der Waals surface area contributed by atoms with Crippen molar-refractivity contribution in [2.45, 2.75) is 24.8 Å². The number of nitrogen functional groups attached to an aromatic ring is 1. The zero-order chi connectivity index (χ0) is 24.1. The number of nitrogens with zero attached hydrogens (tertiary/aromatic N) is 3. The van der Waals surface area contributed by atoms with Gasteiger partial charge in [0.15, 0.2) is 10.8 Å². The molecule has 1 unspecified atom stereocenters. The van der Waals surface area contributed by atoms with Gasteiger partial charge in [-0.3, -0.25) is 19.3 Å². The van der Waals surface area contributed by atoms with Gasteiger partial charge in [0.05, 0.1) is 6.61 Å². The Morgan fingerprint density at radius 3 is 2.76 bits per heavy atom. The Bertz CT molecular complexity index is 1020. The lowest BCUT2D eigenvalue weighted by Crippen LogP contribution is -2.71. The number of aromatic nitrogens is 1. The number of hydrogen-bond acceptors (Lipinski definition) is 13. The van der Waals surface area contributed by atoms with E-state index in [1.807, 2.05) is 0 Å². The third-order valence-corrected chi connectivity index (χ3v) is 6.64. The number of rotatable bonds is 9. The molecule has 4 N–H and O–H groups in total. The summed E-state index contributed by atoms with van der Waals surface area (Å²) < 4.78 is 14.9. The van der Waals surface area contributed by atoms with E-state index in [4.69, 9.17) is 19.9 Å². The molecule has 178 valence electrons. The number of β-lactam (4-membered cyclic amide) rings is 1. The van der Waals surface area contributed by atoms with Crippen LogP contribution in [0, 0.1) is 0 Å². The van der Waals surface area contributed by atoms with Crippen molar-refractivity contribution in [3.05, 3.63) is 22.3 Å². The highest BCUT2D eigenvalue weighted by Gasteiger charge is 2.54. The van der Waals surface area contributed by atoms with Gasteiger partial charge in [-0.2, -0.15) is 0 Å². The fourth-order valence-electron chi connectivity index (χ4n) is 3.10. The normalized spacial score (nSPS) is 20.1. The summed E-state index contributed by atoms with van der Waals surface area (Å²) in [6, 6.07) is -0.986. The fraction of sp³-hybridized carbons (Fsp3) is 0.444. The van der Waals surface area contributed by atoms with Gasteiger partial charge in [0.1, 0.15) is 22.8 Å². The summed E-state index contributed by atoms with van der Waals surface area (Å²) in [4.78, 5) is 54.5. The number of carbonyl (C=O) groups is 4. The molecule has 0 spiro atoms. The Labute approximate surface area is 195 Å². The number of anilines is 1. The van der Waals surface area contributed by atoms with Crippen molar-refractivity contribution in [2.24, 2.45) is 5.16 Å². The highest BCUT2D eigenvalue weighted by Crippen LogP contribution is 2.40.